The number of benzene rings is 2. The summed E-state index contributed by atoms with van der Waals surface area (Å²) in [6.07, 6.45) is 5.08. The fourth-order valence-electron chi connectivity index (χ4n) is 4.16. The molecular formula is C22H26N3O2S+. The number of hydrogen-bond donors (Lipinski definition) is 1. The minimum atomic E-state index is 0.215. The second-order valence-corrected chi connectivity index (χ2v) is 7.59. The van der Waals surface area contributed by atoms with E-state index in [0.29, 0.717) is 0 Å². The largest absolute Gasteiger partial charge is 0.493 e. The molecule has 0 spiro atoms. The molecule has 5 nitrogen and oxygen atoms in total. The van der Waals surface area contributed by atoms with Crippen LogP contribution in [0.5, 0.6) is 11.5 Å². The van der Waals surface area contributed by atoms with Gasteiger partial charge in [0.25, 0.3) is 0 Å². The van der Waals surface area contributed by atoms with Crippen molar-refractivity contribution in [2.24, 2.45) is 7.05 Å². The lowest BCUT2D eigenvalue weighted by Gasteiger charge is -2.35. The van der Waals surface area contributed by atoms with Gasteiger partial charge < -0.3 is 18.9 Å². The molecule has 1 N–H and O–H groups in total. The van der Waals surface area contributed by atoms with E-state index in [9.17, 15) is 0 Å². The van der Waals surface area contributed by atoms with Gasteiger partial charge in [0.15, 0.2) is 22.9 Å². The Labute approximate surface area is 170 Å². The van der Waals surface area contributed by atoms with Gasteiger partial charge >= 0.3 is 0 Å². The van der Waals surface area contributed by atoms with Crippen LogP contribution in [0.1, 0.15) is 22.7 Å². The van der Waals surface area contributed by atoms with Crippen LogP contribution in [-0.4, -0.2) is 29.9 Å². The quantitative estimate of drug-likeness (QED) is 0.673. The normalized spacial score (nSPS) is 18.5. The average Bonchev–Trinajstić information content (AvgIpc) is 3.05. The van der Waals surface area contributed by atoms with Crippen molar-refractivity contribution in [3.8, 4) is 11.5 Å². The van der Waals surface area contributed by atoms with E-state index in [1.54, 1.807) is 14.2 Å². The predicted octanol–water partition coefficient (Wildman–Crippen LogP) is 2.76. The molecule has 0 aliphatic carbocycles. The van der Waals surface area contributed by atoms with Gasteiger partial charge in [0.05, 0.1) is 20.8 Å². The molecule has 146 valence electrons. The summed E-state index contributed by atoms with van der Waals surface area (Å²) in [5, 5.41) is 0. The van der Waals surface area contributed by atoms with E-state index in [4.69, 9.17) is 21.7 Å². The number of quaternary nitrogens is 1. The molecular weight excluding hydrogens is 370 g/mol. The number of ether oxygens (including phenoxy) is 2. The third kappa shape index (κ3) is 3.34. The second kappa shape index (κ2) is 7.81. The molecule has 1 aromatic heterocycles. The van der Waals surface area contributed by atoms with Crippen LogP contribution in [0.2, 0.25) is 0 Å². The van der Waals surface area contributed by atoms with Crippen LogP contribution >= 0.6 is 12.2 Å². The van der Waals surface area contributed by atoms with Crippen LogP contribution in [0.3, 0.4) is 0 Å². The molecule has 0 bridgehead atoms. The van der Waals surface area contributed by atoms with Gasteiger partial charge in [0.2, 0.25) is 0 Å². The number of nitrogens with zero attached hydrogens (tertiary/aromatic N) is 2. The monoisotopic (exact) mass is 396 g/mol. The summed E-state index contributed by atoms with van der Waals surface area (Å²) in [5.41, 5.74) is 3.92. The first-order valence-electron chi connectivity index (χ1n) is 9.48. The van der Waals surface area contributed by atoms with Crippen molar-refractivity contribution in [2.75, 3.05) is 20.8 Å². The van der Waals surface area contributed by atoms with Crippen molar-refractivity contribution >= 4 is 12.2 Å². The third-order valence-electron chi connectivity index (χ3n) is 5.60. The maximum absolute atomic E-state index is 5.60. The van der Waals surface area contributed by atoms with Gasteiger partial charge in [-0.2, -0.15) is 0 Å². The molecule has 1 unspecified atom stereocenters. The Morgan fingerprint density at radius 2 is 1.79 bits per heavy atom. The minimum Gasteiger partial charge on any atom is -0.493 e. The Kier molecular flexibility index (Phi) is 5.24. The van der Waals surface area contributed by atoms with Crippen LogP contribution in [0.4, 0.5) is 0 Å². The average molecular weight is 397 g/mol. The van der Waals surface area contributed by atoms with Gasteiger partial charge in [-0.3, -0.25) is 4.57 Å². The molecule has 4 rings (SSSR count). The van der Waals surface area contributed by atoms with Gasteiger partial charge in [-0.25, -0.2) is 0 Å². The first kappa shape index (κ1) is 18.8. The first-order valence-corrected chi connectivity index (χ1v) is 9.89. The molecule has 28 heavy (non-hydrogen) atoms. The summed E-state index contributed by atoms with van der Waals surface area (Å²) < 4.78 is 16.1. The molecule has 2 atom stereocenters. The van der Waals surface area contributed by atoms with E-state index in [2.05, 4.69) is 53.2 Å². The van der Waals surface area contributed by atoms with E-state index < -0.39 is 0 Å². The molecule has 0 radical (unpaired) electrons. The summed E-state index contributed by atoms with van der Waals surface area (Å²) in [5.74, 6) is 1.57. The molecule has 2 heterocycles. The zero-order valence-corrected chi connectivity index (χ0v) is 17.3. The fraction of sp³-hybridized carbons (Fsp3) is 0.318. The van der Waals surface area contributed by atoms with E-state index in [-0.39, 0.29) is 6.04 Å². The fourth-order valence-corrected chi connectivity index (χ4v) is 4.35. The molecule has 0 amide bonds. The number of hydrogen-bond acceptors (Lipinski definition) is 3. The summed E-state index contributed by atoms with van der Waals surface area (Å²) in [4.78, 5) is 1.47. The SMILES string of the molecule is COc1cc2c(cc1OC)[C@H](c1ccccc1)[NH+](Cn1ccn(C)c1=S)CC2. The van der Waals surface area contributed by atoms with Gasteiger partial charge in [-0.15, -0.1) is 0 Å². The maximum Gasteiger partial charge on any atom is 0.183 e. The molecule has 1 aliphatic heterocycles. The number of rotatable bonds is 5. The summed E-state index contributed by atoms with van der Waals surface area (Å²) in [6.45, 7) is 1.85. The standard InChI is InChI=1S/C22H25N3O2S/c1-23-11-12-25(22(23)28)15-24-10-9-17-13-19(26-2)20(27-3)14-18(17)21(24)16-7-5-4-6-8-16/h4-8,11-14,21H,9-10,15H2,1-3H3/p+1/t21-/m0/s1. The zero-order chi connectivity index (χ0) is 19.7. The Bertz CT molecular complexity index is 1030. The number of methoxy groups -OCH3 is 2. The lowest BCUT2D eigenvalue weighted by atomic mass is 9.88. The molecule has 3 aromatic rings. The Hall–Kier alpha value is -2.57. The highest BCUT2D eigenvalue weighted by molar-refractivity contribution is 7.71. The summed E-state index contributed by atoms with van der Waals surface area (Å²) >= 11 is 5.58. The van der Waals surface area contributed by atoms with Crippen molar-refractivity contribution in [3.05, 3.63) is 76.3 Å². The third-order valence-corrected chi connectivity index (χ3v) is 6.13. The van der Waals surface area contributed by atoms with Crippen molar-refractivity contribution < 1.29 is 14.4 Å². The van der Waals surface area contributed by atoms with Crippen LogP contribution in [0.15, 0.2) is 54.9 Å². The lowest BCUT2D eigenvalue weighted by molar-refractivity contribution is -0.949. The van der Waals surface area contributed by atoms with Gasteiger partial charge in [-0.1, -0.05) is 30.3 Å². The van der Waals surface area contributed by atoms with Crippen LogP contribution in [0.25, 0.3) is 0 Å². The highest BCUT2D eigenvalue weighted by Crippen LogP contribution is 2.36. The van der Waals surface area contributed by atoms with Crippen molar-refractivity contribution in [1.82, 2.24) is 9.13 Å². The van der Waals surface area contributed by atoms with E-state index in [1.807, 2.05) is 17.8 Å². The molecule has 1 aliphatic rings. The molecule has 2 aromatic carbocycles. The molecule has 0 saturated carbocycles. The van der Waals surface area contributed by atoms with E-state index in [1.165, 1.54) is 21.6 Å². The van der Waals surface area contributed by atoms with Crippen molar-refractivity contribution in [1.29, 1.82) is 0 Å². The van der Waals surface area contributed by atoms with Crippen LogP contribution < -0.4 is 14.4 Å². The molecule has 6 heteroatoms. The topological polar surface area (TPSA) is 32.8 Å². The van der Waals surface area contributed by atoms with Crippen molar-refractivity contribution in [3.63, 3.8) is 0 Å². The Morgan fingerprint density at radius 3 is 2.43 bits per heavy atom. The van der Waals surface area contributed by atoms with Gasteiger partial charge in [0, 0.05) is 37.0 Å². The van der Waals surface area contributed by atoms with Gasteiger partial charge in [-0.05, 0) is 29.9 Å². The Morgan fingerprint density at radius 1 is 1.07 bits per heavy atom. The first-order chi connectivity index (χ1) is 13.6. The van der Waals surface area contributed by atoms with Gasteiger partial charge in [0.1, 0.15) is 6.04 Å². The second-order valence-electron chi connectivity index (χ2n) is 7.23. The van der Waals surface area contributed by atoms with Crippen molar-refractivity contribution in [2.45, 2.75) is 19.1 Å². The lowest BCUT2D eigenvalue weighted by Crippen LogP contribution is -3.12. The number of fused-ring (bicyclic) bond motifs is 1. The number of nitrogens with one attached hydrogen (secondary N) is 1. The molecule has 0 saturated heterocycles. The predicted molar refractivity (Wildman–Crippen MR) is 112 cm³/mol. The van der Waals surface area contributed by atoms with Crippen LogP contribution in [0, 0.1) is 4.77 Å². The number of imidazole rings is 1. The number of aryl methyl sites for hydroxylation is 1. The summed E-state index contributed by atoms with van der Waals surface area (Å²) in [7, 11) is 5.38. The van der Waals surface area contributed by atoms with Crippen LogP contribution in [-0.2, 0) is 20.1 Å². The minimum absolute atomic E-state index is 0.215. The smallest absolute Gasteiger partial charge is 0.183 e. The zero-order valence-electron chi connectivity index (χ0n) is 16.5. The highest BCUT2D eigenvalue weighted by atomic mass is 32.1. The summed E-state index contributed by atoms with van der Waals surface area (Å²) in [6, 6.07) is 15.2. The Balaban J connectivity index is 1.80. The van der Waals surface area contributed by atoms with E-state index >= 15 is 0 Å². The number of aromatic nitrogens is 2. The maximum atomic E-state index is 5.60. The molecule has 0 fully saturated rings. The highest BCUT2D eigenvalue weighted by Gasteiger charge is 2.34. The van der Waals surface area contributed by atoms with E-state index in [0.717, 1.165) is 35.9 Å².